The van der Waals surface area contributed by atoms with Crippen molar-refractivity contribution in [1.29, 1.82) is 0 Å². The molecule has 0 aliphatic carbocycles. The van der Waals surface area contributed by atoms with Gasteiger partial charge < -0.3 is 5.32 Å². The Morgan fingerprint density at radius 3 is 2.79 bits per heavy atom. The average Bonchev–Trinajstić information content (AvgIpc) is 2.36. The first-order valence-electron chi connectivity index (χ1n) is 5.27. The minimum atomic E-state index is -0.538. The number of fused-ring (bicyclic) bond motifs is 2. The number of hydrogen-bond acceptors (Lipinski definition) is 4. The number of anilines is 2. The number of hydrogen-bond donors (Lipinski definition) is 1. The van der Waals surface area contributed by atoms with Crippen molar-refractivity contribution in [2.75, 3.05) is 5.32 Å². The van der Waals surface area contributed by atoms with Gasteiger partial charge in [0.2, 0.25) is 0 Å². The lowest BCUT2D eigenvalue weighted by Crippen LogP contribution is -2.05. The van der Waals surface area contributed by atoms with Gasteiger partial charge in [-0.15, -0.1) is 0 Å². The summed E-state index contributed by atoms with van der Waals surface area (Å²) in [6.45, 7) is 0. The van der Waals surface area contributed by atoms with E-state index in [9.17, 15) is 14.5 Å². The van der Waals surface area contributed by atoms with Crippen molar-refractivity contribution < 1.29 is 9.31 Å². The molecule has 0 bridgehead atoms. The molecular formula is C12H6ClFN2O2S. The normalized spacial score (nSPS) is 12.3. The summed E-state index contributed by atoms with van der Waals surface area (Å²) in [7, 11) is 0. The zero-order valence-electron chi connectivity index (χ0n) is 9.31. The largest absolute Gasteiger partial charge is 0.346 e. The van der Waals surface area contributed by atoms with Crippen LogP contribution in [0.1, 0.15) is 0 Å². The number of nitro benzene ring substituents is 1. The van der Waals surface area contributed by atoms with Crippen LogP contribution in [0.15, 0.2) is 40.1 Å². The molecule has 96 valence electrons. The molecule has 7 heteroatoms. The van der Waals surface area contributed by atoms with Gasteiger partial charge in [0.25, 0.3) is 5.69 Å². The number of para-hydroxylation sites is 1. The molecule has 0 unspecified atom stereocenters. The number of nitrogens with one attached hydrogen (secondary N) is 1. The molecule has 1 N–H and O–H groups in total. The third kappa shape index (κ3) is 2.02. The fourth-order valence-corrected chi connectivity index (χ4v) is 3.23. The molecule has 19 heavy (non-hydrogen) atoms. The highest BCUT2D eigenvalue weighted by molar-refractivity contribution is 7.99. The quantitative estimate of drug-likeness (QED) is 0.527. The Labute approximate surface area is 116 Å². The van der Waals surface area contributed by atoms with E-state index in [4.69, 9.17) is 11.6 Å². The molecule has 0 spiro atoms. The molecule has 4 nitrogen and oxygen atoms in total. The zero-order chi connectivity index (χ0) is 13.6. The molecule has 1 heterocycles. The van der Waals surface area contributed by atoms with E-state index in [1.165, 1.54) is 23.9 Å². The summed E-state index contributed by atoms with van der Waals surface area (Å²) in [5.41, 5.74) is 0.367. The second kappa shape index (κ2) is 4.40. The van der Waals surface area contributed by atoms with Gasteiger partial charge in [-0.25, -0.2) is 4.39 Å². The summed E-state index contributed by atoms with van der Waals surface area (Å²) >= 11 is 7.12. The van der Waals surface area contributed by atoms with E-state index in [0.717, 1.165) is 0 Å². The summed E-state index contributed by atoms with van der Waals surface area (Å²) in [6, 6.07) is 7.51. The highest BCUT2D eigenvalue weighted by Crippen LogP contribution is 2.49. The van der Waals surface area contributed by atoms with E-state index in [1.54, 1.807) is 18.2 Å². The maximum absolute atomic E-state index is 13.7. The predicted octanol–water partition coefficient (Wildman–Crippen LogP) is 4.60. The van der Waals surface area contributed by atoms with Gasteiger partial charge in [0.05, 0.1) is 10.6 Å². The van der Waals surface area contributed by atoms with Crippen LogP contribution in [0, 0.1) is 15.9 Å². The summed E-state index contributed by atoms with van der Waals surface area (Å²) in [5.74, 6) is -0.445. The van der Waals surface area contributed by atoms with E-state index < -0.39 is 10.7 Å². The van der Waals surface area contributed by atoms with Crippen molar-refractivity contribution in [2.24, 2.45) is 0 Å². The van der Waals surface area contributed by atoms with Crippen molar-refractivity contribution in [3.8, 4) is 0 Å². The molecule has 1 aliphatic rings. The smallest absolute Gasteiger partial charge is 0.295 e. The molecule has 0 saturated carbocycles. The third-order valence-corrected chi connectivity index (χ3v) is 4.01. The van der Waals surface area contributed by atoms with Crippen molar-refractivity contribution in [1.82, 2.24) is 0 Å². The second-order valence-corrected chi connectivity index (χ2v) is 5.42. The van der Waals surface area contributed by atoms with E-state index in [-0.39, 0.29) is 22.1 Å². The fourth-order valence-electron chi connectivity index (χ4n) is 1.87. The molecule has 0 aromatic heterocycles. The minimum Gasteiger partial charge on any atom is -0.346 e. The van der Waals surface area contributed by atoms with Crippen molar-refractivity contribution >= 4 is 40.4 Å². The van der Waals surface area contributed by atoms with Gasteiger partial charge in [-0.05, 0) is 18.2 Å². The molecule has 3 rings (SSSR count). The Kier molecular flexibility index (Phi) is 2.83. The molecular weight excluding hydrogens is 291 g/mol. The van der Waals surface area contributed by atoms with Gasteiger partial charge >= 0.3 is 0 Å². The first-order valence-corrected chi connectivity index (χ1v) is 6.47. The summed E-state index contributed by atoms with van der Waals surface area (Å²) < 4.78 is 13.7. The lowest BCUT2D eigenvalue weighted by molar-refractivity contribution is -0.384. The average molecular weight is 297 g/mol. The van der Waals surface area contributed by atoms with E-state index in [2.05, 4.69) is 5.32 Å². The van der Waals surface area contributed by atoms with Crippen molar-refractivity contribution in [3.05, 3.63) is 51.3 Å². The van der Waals surface area contributed by atoms with Gasteiger partial charge in [0.15, 0.2) is 0 Å². The maximum Gasteiger partial charge on any atom is 0.295 e. The van der Waals surface area contributed by atoms with Crippen LogP contribution in [-0.2, 0) is 0 Å². The number of rotatable bonds is 1. The van der Waals surface area contributed by atoms with Gasteiger partial charge in [-0.3, -0.25) is 10.1 Å². The third-order valence-electron chi connectivity index (χ3n) is 2.69. The second-order valence-electron chi connectivity index (χ2n) is 3.90. The van der Waals surface area contributed by atoms with E-state index in [0.29, 0.717) is 9.79 Å². The number of benzene rings is 2. The minimum absolute atomic E-state index is 0.163. The molecule has 0 amide bonds. The first kappa shape index (κ1) is 12.3. The lowest BCUT2D eigenvalue weighted by atomic mass is 10.2. The summed E-state index contributed by atoms with van der Waals surface area (Å²) in [5, 5.41) is 14.1. The molecule has 2 aromatic carbocycles. The van der Waals surface area contributed by atoms with Crippen LogP contribution >= 0.6 is 23.4 Å². The lowest BCUT2D eigenvalue weighted by Gasteiger charge is -2.21. The topological polar surface area (TPSA) is 55.2 Å². The van der Waals surface area contributed by atoms with Crippen LogP contribution in [0.2, 0.25) is 5.02 Å². The SMILES string of the molecule is O=[N+]([O-])c1cc(Cl)cc2c1Nc1c(F)cccc1S2. The van der Waals surface area contributed by atoms with Gasteiger partial charge in [0, 0.05) is 20.9 Å². The number of nitro groups is 1. The number of halogens is 2. The van der Waals surface area contributed by atoms with Crippen LogP contribution < -0.4 is 5.32 Å². The highest BCUT2D eigenvalue weighted by Gasteiger charge is 2.26. The Bertz CT molecular complexity index is 708. The van der Waals surface area contributed by atoms with Crippen LogP contribution in [0.3, 0.4) is 0 Å². The van der Waals surface area contributed by atoms with Crippen LogP contribution in [0.4, 0.5) is 21.5 Å². The Hall–Kier alpha value is -1.79. The highest BCUT2D eigenvalue weighted by atomic mass is 35.5. The fraction of sp³-hybridized carbons (Fsp3) is 0. The molecule has 0 saturated heterocycles. The summed E-state index contributed by atoms with van der Waals surface area (Å²) in [4.78, 5) is 11.8. The van der Waals surface area contributed by atoms with E-state index in [1.807, 2.05) is 0 Å². The Morgan fingerprint density at radius 1 is 1.26 bits per heavy atom. The van der Waals surface area contributed by atoms with Gasteiger partial charge in [-0.2, -0.15) is 0 Å². The van der Waals surface area contributed by atoms with Crippen LogP contribution in [-0.4, -0.2) is 4.92 Å². The van der Waals surface area contributed by atoms with Crippen LogP contribution in [0.25, 0.3) is 0 Å². The first-order chi connectivity index (χ1) is 9.06. The number of nitrogens with zero attached hydrogens (tertiary/aromatic N) is 1. The standard InChI is InChI=1S/C12H6ClFN2O2S/c13-6-4-8(16(17)18)12-10(5-6)19-9-3-1-2-7(14)11(9)15-12/h1-5,15H. The Balaban J connectivity index is 2.20. The van der Waals surface area contributed by atoms with Crippen molar-refractivity contribution in [3.63, 3.8) is 0 Å². The van der Waals surface area contributed by atoms with Gasteiger partial charge in [0.1, 0.15) is 11.5 Å². The maximum atomic E-state index is 13.7. The molecule has 0 radical (unpaired) electrons. The van der Waals surface area contributed by atoms with E-state index >= 15 is 0 Å². The zero-order valence-corrected chi connectivity index (χ0v) is 10.9. The summed E-state index contributed by atoms with van der Waals surface area (Å²) in [6.07, 6.45) is 0. The molecule has 1 aliphatic heterocycles. The monoisotopic (exact) mass is 296 g/mol. The molecule has 0 atom stereocenters. The molecule has 0 fully saturated rings. The van der Waals surface area contributed by atoms with Crippen molar-refractivity contribution in [2.45, 2.75) is 9.79 Å². The van der Waals surface area contributed by atoms with Gasteiger partial charge in [-0.1, -0.05) is 29.4 Å². The van der Waals surface area contributed by atoms with Crippen LogP contribution in [0.5, 0.6) is 0 Å². The molecule has 2 aromatic rings. The predicted molar refractivity (Wildman–Crippen MR) is 71.9 cm³/mol. The Morgan fingerprint density at radius 2 is 2.05 bits per heavy atom.